The zero-order valence-electron chi connectivity index (χ0n) is 13.4. The normalized spacial score (nSPS) is 11.4. The van der Waals surface area contributed by atoms with Crippen LogP contribution in [0.15, 0.2) is 68.9 Å². The highest BCUT2D eigenvalue weighted by molar-refractivity contribution is 7.91. The molecule has 0 atom stereocenters. The molecule has 0 aliphatic rings. The molecule has 0 unspecified atom stereocenters. The summed E-state index contributed by atoms with van der Waals surface area (Å²) in [6, 6.07) is 14.7. The Labute approximate surface area is 140 Å². The highest BCUT2D eigenvalue weighted by Crippen LogP contribution is 2.24. The van der Waals surface area contributed by atoms with E-state index in [0.29, 0.717) is 12.4 Å². The number of aryl methyl sites for hydroxylation is 2. The Bertz CT molecular complexity index is 909. The van der Waals surface area contributed by atoms with E-state index in [1.54, 1.807) is 54.6 Å². The molecule has 3 aromatic rings. The number of aromatic nitrogens is 1. The number of hydrogen-bond acceptors (Lipinski definition) is 5. The van der Waals surface area contributed by atoms with Crippen molar-refractivity contribution in [2.75, 3.05) is 0 Å². The van der Waals surface area contributed by atoms with Gasteiger partial charge in [0, 0.05) is 0 Å². The molecule has 6 heteroatoms. The van der Waals surface area contributed by atoms with Crippen molar-refractivity contribution in [1.29, 1.82) is 0 Å². The van der Waals surface area contributed by atoms with Crippen LogP contribution < -0.4 is 4.74 Å². The van der Waals surface area contributed by atoms with Crippen molar-refractivity contribution < 1.29 is 17.7 Å². The topological polar surface area (TPSA) is 69.4 Å². The summed E-state index contributed by atoms with van der Waals surface area (Å²) in [5, 5.41) is 3.87. The van der Waals surface area contributed by atoms with Crippen LogP contribution in [0.4, 0.5) is 0 Å². The molecule has 24 heavy (non-hydrogen) atoms. The van der Waals surface area contributed by atoms with Crippen LogP contribution in [0.2, 0.25) is 0 Å². The van der Waals surface area contributed by atoms with Gasteiger partial charge in [0.1, 0.15) is 18.1 Å². The number of benzene rings is 2. The van der Waals surface area contributed by atoms with E-state index in [1.807, 2.05) is 13.8 Å². The molecule has 0 radical (unpaired) electrons. The molecule has 2 aromatic carbocycles. The summed E-state index contributed by atoms with van der Waals surface area (Å²) >= 11 is 0. The van der Waals surface area contributed by atoms with Crippen LogP contribution in [-0.4, -0.2) is 13.6 Å². The first-order chi connectivity index (χ1) is 11.5. The number of sulfone groups is 1. The van der Waals surface area contributed by atoms with E-state index in [4.69, 9.17) is 9.26 Å². The quantitative estimate of drug-likeness (QED) is 0.706. The molecule has 5 nitrogen and oxygen atoms in total. The summed E-state index contributed by atoms with van der Waals surface area (Å²) in [7, 11) is -3.51. The first-order valence-electron chi connectivity index (χ1n) is 7.43. The van der Waals surface area contributed by atoms with Gasteiger partial charge in [-0.3, -0.25) is 0 Å². The lowest BCUT2D eigenvalue weighted by molar-refractivity contribution is 0.301. The van der Waals surface area contributed by atoms with E-state index in [0.717, 1.165) is 17.0 Å². The Hall–Kier alpha value is -2.60. The molecule has 0 N–H and O–H groups in total. The number of rotatable bonds is 5. The van der Waals surface area contributed by atoms with Gasteiger partial charge < -0.3 is 9.26 Å². The largest absolute Gasteiger partial charge is 0.489 e. The Balaban J connectivity index is 1.76. The van der Waals surface area contributed by atoms with Crippen molar-refractivity contribution in [3.8, 4) is 5.75 Å². The van der Waals surface area contributed by atoms with Gasteiger partial charge in [-0.2, -0.15) is 0 Å². The van der Waals surface area contributed by atoms with Crippen LogP contribution >= 0.6 is 0 Å². The maximum atomic E-state index is 12.5. The molecule has 3 rings (SSSR count). The predicted molar refractivity (Wildman–Crippen MR) is 88.6 cm³/mol. The van der Waals surface area contributed by atoms with Gasteiger partial charge >= 0.3 is 0 Å². The summed E-state index contributed by atoms with van der Waals surface area (Å²) in [6.45, 7) is 4.00. The fourth-order valence-corrected chi connectivity index (χ4v) is 3.60. The van der Waals surface area contributed by atoms with E-state index in [-0.39, 0.29) is 9.79 Å². The summed E-state index contributed by atoms with van der Waals surface area (Å²) < 4.78 is 35.8. The van der Waals surface area contributed by atoms with Gasteiger partial charge in [0.2, 0.25) is 9.84 Å². The number of hydrogen-bond donors (Lipinski definition) is 0. The molecule has 0 fully saturated rings. The SMILES string of the molecule is Cc1noc(C)c1COc1ccc(S(=O)(=O)c2ccccc2)cc1. The highest BCUT2D eigenvalue weighted by Gasteiger charge is 2.17. The van der Waals surface area contributed by atoms with Crippen LogP contribution in [0, 0.1) is 13.8 Å². The van der Waals surface area contributed by atoms with Crippen molar-refractivity contribution in [2.45, 2.75) is 30.2 Å². The van der Waals surface area contributed by atoms with Gasteiger partial charge in [-0.05, 0) is 50.2 Å². The summed E-state index contributed by atoms with van der Waals surface area (Å²) in [5.41, 5.74) is 1.69. The van der Waals surface area contributed by atoms with Crippen molar-refractivity contribution in [3.05, 3.63) is 71.6 Å². The van der Waals surface area contributed by atoms with Gasteiger partial charge in [0.05, 0.1) is 21.0 Å². The van der Waals surface area contributed by atoms with E-state index < -0.39 is 9.84 Å². The van der Waals surface area contributed by atoms with Crippen LogP contribution in [0.3, 0.4) is 0 Å². The van der Waals surface area contributed by atoms with E-state index in [1.165, 1.54) is 0 Å². The Kier molecular flexibility index (Phi) is 4.40. The molecule has 0 saturated heterocycles. The smallest absolute Gasteiger partial charge is 0.206 e. The lowest BCUT2D eigenvalue weighted by Crippen LogP contribution is -2.02. The second-order valence-corrected chi connectivity index (χ2v) is 7.33. The molecular formula is C18H17NO4S. The molecule has 1 heterocycles. The summed E-state index contributed by atoms with van der Waals surface area (Å²) in [5.74, 6) is 1.30. The van der Waals surface area contributed by atoms with Gasteiger partial charge in [0.15, 0.2) is 0 Å². The Morgan fingerprint density at radius 1 is 0.958 bits per heavy atom. The first-order valence-corrected chi connectivity index (χ1v) is 8.91. The average Bonchev–Trinajstić information content (AvgIpc) is 2.92. The highest BCUT2D eigenvalue weighted by atomic mass is 32.2. The summed E-state index contributed by atoms with van der Waals surface area (Å²) in [4.78, 5) is 0.507. The van der Waals surface area contributed by atoms with Crippen LogP contribution in [0.5, 0.6) is 5.75 Å². The third-order valence-electron chi connectivity index (χ3n) is 3.75. The standard InChI is InChI=1S/C18H17NO4S/c1-13-18(14(2)23-19-13)12-22-15-8-10-17(11-9-15)24(20,21)16-6-4-3-5-7-16/h3-11H,12H2,1-2H3. The zero-order valence-corrected chi connectivity index (χ0v) is 14.2. The fraction of sp³-hybridized carbons (Fsp3) is 0.167. The molecule has 0 aliphatic carbocycles. The van der Waals surface area contributed by atoms with Crippen molar-refractivity contribution >= 4 is 9.84 Å². The van der Waals surface area contributed by atoms with Crippen molar-refractivity contribution in [1.82, 2.24) is 5.16 Å². The average molecular weight is 343 g/mol. The van der Waals surface area contributed by atoms with Gasteiger partial charge in [-0.25, -0.2) is 8.42 Å². The third kappa shape index (κ3) is 3.19. The lowest BCUT2D eigenvalue weighted by Gasteiger charge is -2.08. The van der Waals surface area contributed by atoms with Gasteiger partial charge in [-0.15, -0.1) is 0 Å². The number of nitrogens with zero attached hydrogens (tertiary/aromatic N) is 1. The first kappa shape index (κ1) is 16.3. The maximum Gasteiger partial charge on any atom is 0.206 e. The lowest BCUT2D eigenvalue weighted by atomic mass is 10.2. The van der Waals surface area contributed by atoms with Gasteiger partial charge in [-0.1, -0.05) is 23.4 Å². The van der Waals surface area contributed by atoms with Crippen molar-refractivity contribution in [2.24, 2.45) is 0 Å². The monoisotopic (exact) mass is 343 g/mol. The predicted octanol–water partition coefficient (Wildman–Crippen LogP) is 3.70. The maximum absolute atomic E-state index is 12.5. The second kappa shape index (κ2) is 6.49. The molecule has 0 aliphatic heterocycles. The molecule has 0 spiro atoms. The number of ether oxygens (including phenoxy) is 1. The molecule has 1 aromatic heterocycles. The minimum Gasteiger partial charge on any atom is -0.489 e. The van der Waals surface area contributed by atoms with Crippen LogP contribution in [0.25, 0.3) is 0 Å². The minimum atomic E-state index is -3.51. The molecule has 0 amide bonds. The third-order valence-corrected chi connectivity index (χ3v) is 5.54. The molecule has 0 bridgehead atoms. The second-order valence-electron chi connectivity index (χ2n) is 5.38. The van der Waals surface area contributed by atoms with E-state index in [9.17, 15) is 8.42 Å². The zero-order chi connectivity index (χ0) is 17.2. The fourth-order valence-electron chi connectivity index (χ4n) is 2.31. The molecular weight excluding hydrogens is 326 g/mol. The minimum absolute atomic E-state index is 0.235. The van der Waals surface area contributed by atoms with E-state index in [2.05, 4.69) is 5.16 Å². The summed E-state index contributed by atoms with van der Waals surface area (Å²) in [6.07, 6.45) is 0. The Morgan fingerprint density at radius 3 is 2.17 bits per heavy atom. The molecule has 124 valence electrons. The van der Waals surface area contributed by atoms with Crippen LogP contribution in [-0.2, 0) is 16.4 Å². The molecule has 0 saturated carbocycles. The Morgan fingerprint density at radius 2 is 1.58 bits per heavy atom. The van der Waals surface area contributed by atoms with E-state index >= 15 is 0 Å². The van der Waals surface area contributed by atoms with Gasteiger partial charge in [0.25, 0.3) is 0 Å². The van der Waals surface area contributed by atoms with Crippen molar-refractivity contribution in [3.63, 3.8) is 0 Å². The van der Waals surface area contributed by atoms with Crippen LogP contribution in [0.1, 0.15) is 17.0 Å².